The number of nitrogens with zero attached hydrogens (tertiary/aromatic N) is 3. The number of azide groups is 1. The first-order chi connectivity index (χ1) is 7.11. The summed E-state index contributed by atoms with van der Waals surface area (Å²) in [6.45, 7) is -0.636. The minimum atomic E-state index is -1.46. The Balaban J connectivity index is 2.62. The molecule has 1 aliphatic rings. The van der Waals surface area contributed by atoms with Crippen LogP contribution in [0.4, 0.5) is 0 Å². The number of aliphatic hydroxyl groups excluding tert-OH is 4. The average molecular weight is 221 g/mol. The zero-order valence-corrected chi connectivity index (χ0v) is 7.54. The maximum atomic E-state index is 9.37. The van der Waals surface area contributed by atoms with Crippen LogP contribution in [-0.4, -0.2) is 57.7 Å². The second-order valence-corrected chi connectivity index (χ2v) is 2.98. The van der Waals surface area contributed by atoms with Crippen molar-refractivity contribution < 1.29 is 30.0 Å². The van der Waals surface area contributed by atoms with Gasteiger partial charge in [0, 0.05) is 4.91 Å². The summed E-state index contributed by atoms with van der Waals surface area (Å²) < 4.78 is 4.84. The quantitative estimate of drug-likeness (QED) is 0.187. The van der Waals surface area contributed by atoms with Crippen LogP contribution in [-0.2, 0) is 9.57 Å². The normalized spacial score (nSPS) is 37.1. The molecule has 0 saturated carbocycles. The first-order valence-corrected chi connectivity index (χ1v) is 4.12. The Kier molecular flexibility index (Phi) is 4.09. The summed E-state index contributed by atoms with van der Waals surface area (Å²) in [5.41, 5.74) is 7.94. The Bertz CT molecular complexity index is 257. The van der Waals surface area contributed by atoms with Gasteiger partial charge in [0.25, 0.3) is 0 Å². The maximum Gasteiger partial charge on any atom is 0.237 e. The van der Waals surface area contributed by atoms with Crippen molar-refractivity contribution in [3.05, 3.63) is 10.4 Å². The van der Waals surface area contributed by atoms with E-state index in [0.717, 1.165) is 0 Å². The van der Waals surface area contributed by atoms with Crippen LogP contribution in [0, 0.1) is 0 Å². The molecule has 1 saturated heterocycles. The fraction of sp³-hybridized carbons (Fsp3) is 1.00. The van der Waals surface area contributed by atoms with Crippen LogP contribution < -0.4 is 0 Å². The van der Waals surface area contributed by atoms with Crippen LogP contribution in [0.5, 0.6) is 0 Å². The summed E-state index contributed by atoms with van der Waals surface area (Å²) in [5, 5.41) is 39.2. The molecule has 0 spiro atoms. The van der Waals surface area contributed by atoms with E-state index in [0.29, 0.717) is 0 Å². The third-order valence-electron chi connectivity index (χ3n) is 2.01. The fourth-order valence-electron chi connectivity index (χ4n) is 1.25. The van der Waals surface area contributed by atoms with E-state index in [4.69, 9.17) is 15.4 Å². The summed E-state index contributed by atoms with van der Waals surface area (Å²) in [7, 11) is 0. The van der Waals surface area contributed by atoms with Gasteiger partial charge in [0.1, 0.15) is 29.7 Å². The summed E-state index contributed by atoms with van der Waals surface area (Å²) in [5.74, 6) is 0. The number of ether oxygens (including phenoxy) is 1. The Hall–Kier alpha value is -1.09. The molecule has 86 valence electrons. The highest BCUT2D eigenvalue weighted by Gasteiger charge is 2.47. The molecule has 1 aliphatic heterocycles. The van der Waals surface area contributed by atoms with E-state index in [1.165, 1.54) is 0 Å². The Labute approximate surface area is 84.0 Å². The van der Waals surface area contributed by atoms with Gasteiger partial charge in [0.05, 0.1) is 6.61 Å². The molecule has 0 aromatic carbocycles. The van der Waals surface area contributed by atoms with Crippen molar-refractivity contribution in [3.8, 4) is 0 Å². The van der Waals surface area contributed by atoms with E-state index in [9.17, 15) is 15.3 Å². The largest absolute Gasteiger partial charge is 0.400 e. The van der Waals surface area contributed by atoms with E-state index in [1.807, 2.05) is 0 Å². The summed E-state index contributed by atoms with van der Waals surface area (Å²) in [6, 6.07) is 0. The zero-order chi connectivity index (χ0) is 11.4. The molecule has 4 N–H and O–H groups in total. The fourth-order valence-corrected chi connectivity index (χ4v) is 1.25. The first kappa shape index (κ1) is 12.0. The van der Waals surface area contributed by atoms with Gasteiger partial charge in [-0.15, -0.1) is 0 Å². The molecule has 15 heavy (non-hydrogen) atoms. The molecule has 1 rings (SSSR count). The molecular weight excluding hydrogens is 210 g/mol. The molecule has 5 atom stereocenters. The lowest BCUT2D eigenvalue weighted by molar-refractivity contribution is -0.182. The van der Waals surface area contributed by atoms with Crippen LogP contribution >= 0.6 is 0 Å². The standard InChI is InChI=1S/C6H11N3O6/c7-8-9-15-6-4(13)3(12)5(14-6)2(11)1-10/h2-6,10-13H,1H2/t2-,3-,4+,5-,6-/m1/s1. The smallest absolute Gasteiger partial charge is 0.237 e. The van der Waals surface area contributed by atoms with Crippen LogP contribution in [0.3, 0.4) is 0 Å². The van der Waals surface area contributed by atoms with Gasteiger partial charge < -0.3 is 30.0 Å². The summed E-state index contributed by atoms with van der Waals surface area (Å²) >= 11 is 0. The first-order valence-electron chi connectivity index (χ1n) is 4.12. The second kappa shape index (κ2) is 5.12. The predicted molar refractivity (Wildman–Crippen MR) is 44.0 cm³/mol. The molecule has 0 aliphatic carbocycles. The molecule has 9 heteroatoms. The van der Waals surface area contributed by atoms with Crippen molar-refractivity contribution in [3.63, 3.8) is 0 Å². The molecule has 0 aromatic heterocycles. The molecule has 0 amide bonds. The van der Waals surface area contributed by atoms with Crippen molar-refractivity contribution in [2.45, 2.75) is 30.7 Å². The van der Waals surface area contributed by atoms with Crippen molar-refractivity contribution in [2.75, 3.05) is 6.61 Å². The molecule has 0 radical (unpaired) electrons. The molecule has 0 unspecified atom stereocenters. The summed E-state index contributed by atoms with van der Waals surface area (Å²) in [4.78, 5) is 6.61. The van der Waals surface area contributed by atoms with Gasteiger partial charge in [-0.2, -0.15) is 0 Å². The van der Waals surface area contributed by atoms with Crippen LogP contribution in [0.1, 0.15) is 0 Å². The Morgan fingerprint density at radius 2 is 2.13 bits per heavy atom. The van der Waals surface area contributed by atoms with Gasteiger partial charge in [-0.1, -0.05) is 0 Å². The van der Waals surface area contributed by atoms with Crippen molar-refractivity contribution in [1.29, 1.82) is 0 Å². The lowest BCUT2D eigenvalue weighted by Crippen LogP contribution is -2.40. The molecule has 1 heterocycles. The molecular formula is C6H11N3O6. The van der Waals surface area contributed by atoms with Gasteiger partial charge >= 0.3 is 0 Å². The van der Waals surface area contributed by atoms with Crippen LogP contribution in [0.2, 0.25) is 0 Å². The highest BCUT2D eigenvalue weighted by molar-refractivity contribution is 4.90. The van der Waals surface area contributed by atoms with Gasteiger partial charge in [-0.25, -0.2) is 0 Å². The lowest BCUT2D eigenvalue weighted by Gasteiger charge is -2.18. The van der Waals surface area contributed by atoms with Gasteiger partial charge in [-0.3, -0.25) is 0 Å². The third-order valence-corrected chi connectivity index (χ3v) is 2.01. The lowest BCUT2D eigenvalue weighted by atomic mass is 10.1. The van der Waals surface area contributed by atoms with Gasteiger partial charge in [-0.05, 0) is 5.53 Å². The third kappa shape index (κ3) is 2.48. The number of rotatable bonds is 4. The van der Waals surface area contributed by atoms with Crippen LogP contribution in [0.25, 0.3) is 10.4 Å². The topological polar surface area (TPSA) is 148 Å². The van der Waals surface area contributed by atoms with E-state index < -0.39 is 37.3 Å². The maximum absolute atomic E-state index is 9.37. The minimum absolute atomic E-state index is 0.636. The average Bonchev–Trinajstić information content (AvgIpc) is 2.53. The van der Waals surface area contributed by atoms with Gasteiger partial charge in [0.2, 0.25) is 6.29 Å². The highest BCUT2D eigenvalue weighted by Crippen LogP contribution is 2.24. The molecule has 0 aromatic rings. The number of hydrogen-bond donors (Lipinski definition) is 4. The number of aliphatic hydroxyl groups is 4. The Morgan fingerprint density at radius 3 is 2.67 bits per heavy atom. The van der Waals surface area contributed by atoms with Crippen LogP contribution in [0.15, 0.2) is 5.28 Å². The Morgan fingerprint density at radius 1 is 1.47 bits per heavy atom. The van der Waals surface area contributed by atoms with Gasteiger partial charge in [0.15, 0.2) is 0 Å². The molecule has 0 bridgehead atoms. The van der Waals surface area contributed by atoms with Crippen molar-refractivity contribution in [2.24, 2.45) is 5.28 Å². The number of hydrogen-bond acceptors (Lipinski definition) is 7. The van der Waals surface area contributed by atoms with E-state index in [2.05, 4.69) is 15.0 Å². The van der Waals surface area contributed by atoms with E-state index in [-0.39, 0.29) is 0 Å². The van der Waals surface area contributed by atoms with Crippen molar-refractivity contribution in [1.82, 2.24) is 0 Å². The monoisotopic (exact) mass is 221 g/mol. The molecule has 1 fully saturated rings. The van der Waals surface area contributed by atoms with E-state index >= 15 is 0 Å². The minimum Gasteiger partial charge on any atom is -0.400 e. The van der Waals surface area contributed by atoms with Crippen molar-refractivity contribution >= 4 is 0 Å². The second-order valence-electron chi connectivity index (χ2n) is 2.98. The molecule has 9 nitrogen and oxygen atoms in total. The summed E-state index contributed by atoms with van der Waals surface area (Å²) in [6.07, 6.45) is -6.78. The van der Waals surface area contributed by atoms with E-state index in [1.54, 1.807) is 0 Å². The SMILES string of the molecule is [N-]=[N+]=NO[C@H]1O[C@H]([C@H](O)CO)[C@H](O)[C@@H]1O. The predicted octanol–water partition coefficient (Wildman–Crippen LogP) is -1.97. The zero-order valence-electron chi connectivity index (χ0n) is 7.54. The highest BCUT2D eigenvalue weighted by atomic mass is 16.8.